The van der Waals surface area contributed by atoms with Gasteiger partial charge in [0.05, 0.1) is 0 Å². The Balaban J connectivity index is 4.31. The molecule has 1 N–H and O–H groups in total. The average Bonchev–Trinajstić information content (AvgIpc) is 2.45. The Morgan fingerprint density at radius 3 is 2.48 bits per heavy atom. The van der Waals surface area contributed by atoms with Crippen molar-refractivity contribution < 1.29 is 9.53 Å². The number of hydrogen-bond acceptors (Lipinski definition) is 3. The molecule has 0 aliphatic rings. The second kappa shape index (κ2) is 10.9. The minimum Gasteiger partial charge on any atom is -0.444 e. The number of aliphatic imine (C=N–C) groups is 1. The van der Waals surface area contributed by atoms with Crippen LogP contribution < -0.4 is 5.32 Å². The quantitative estimate of drug-likeness (QED) is 0.322. The molecular formula is C17H34N4O2. The molecule has 0 bridgehead atoms. The highest BCUT2D eigenvalue weighted by atomic mass is 16.6. The van der Waals surface area contributed by atoms with Crippen LogP contribution in [0.3, 0.4) is 0 Å². The summed E-state index contributed by atoms with van der Waals surface area (Å²) in [5.74, 6) is 0.828. The van der Waals surface area contributed by atoms with Gasteiger partial charge in [-0.2, -0.15) is 0 Å². The summed E-state index contributed by atoms with van der Waals surface area (Å²) >= 11 is 0. The lowest BCUT2D eigenvalue weighted by molar-refractivity contribution is 0.0263. The van der Waals surface area contributed by atoms with Crippen molar-refractivity contribution in [1.29, 1.82) is 0 Å². The summed E-state index contributed by atoms with van der Waals surface area (Å²) in [4.78, 5) is 20.1. The highest BCUT2D eigenvalue weighted by molar-refractivity contribution is 5.79. The summed E-state index contributed by atoms with van der Waals surface area (Å²) in [7, 11) is 3.77. The average molecular weight is 326 g/mol. The van der Waals surface area contributed by atoms with E-state index in [0.29, 0.717) is 19.6 Å². The highest BCUT2D eigenvalue weighted by Crippen LogP contribution is 2.09. The van der Waals surface area contributed by atoms with Gasteiger partial charge in [-0.3, -0.25) is 4.99 Å². The second-order valence-electron chi connectivity index (χ2n) is 6.39. The number of likely N-dealkylation sites (N-methyl/N-ethyl adjacent to an activating group) is 1. The van der Waals surface area contributed by atoms with Crippen LogP contribution in [-0.4, -0.2) is 67.7 Å². The normalized spacial score (nSPS) is 11.8. The fourth-order valence-electron chi connectivity index (χ4n) is 1.97. The minimum atomic E-state index is -0.473. The first kappa shape index (κ1) is 21.3. The predicted octanol–water partition coefficient (Wildman–Crippen LogP) is 2.72. The van der Waals surface area contributed by atoms with E-state index in [0.717, 1.165) is 25.3 Å². The van der Waals surface area contributed by atoms with Gasteiger partial charge >= 0.3 is 6.09 Å². The van der Waals surface area contributed by atoms with E-state index in [2.05, 4.69) is 21.8 Å². The third kappa shape index (κ3) is 9.81. The van der Waals surface area contributed by atoms with Crippen molar-refractivity contribution in [2.75, 3.05) is 40.3 Å². The molecule has 0 atom stereocenters. The van der Waals surface area contributed by atoms with Crippen LogP contribution in [0.25, 0.3) is 0 Å². The van der Waals surface area contributed by atoms with Crippen molar-refractivity contribution in [1.82, 2.24) is 15.1 Å². The molecule has 6 heteroatoms. The molecule has 0 aromatic carbocycles. The monoisotopic (exact) mass is 326 g/mol. The number of rotatable bonds is 8. The smallest absolute Gasteiger partial charge is 0.410 e. The summed E-state index contributed by atoms with van der Waals surface area (Å²) in [6.07, 6.45) is 3.67. The zero-order valence-electron chi connectivity index (χ0n) is 15.7. The number of guanidine groups is 1. The lowest BCUT2D eigenvalue weighted by Crippen LogP contribution is -2.45. The first-order valence-electron chi connectivity index (χ1n) is 8.25. The molecule has 6 nitrogen and oxygen atoms in total. The Labute approximate surface area is 141 Å². The van der Waals surface area contributed by atoms with Crippen LogP contribution in [0.15, 0.2) is 17.6 Å². The van der Waals surface area contributed by atoms with Crippen molar-refractivity contribution in [3.05, 3.63) is 12.7 Å². The lowest BCUT2D eigenvalue weighted by atomic mass is 10.2. The predicted molar refractivity (Wildman–Crippen MR) is 96.9 cm³/mol. The summed E-state index contributed by atoms with van der Waals surface area (Å²) in [6.45, 7) is 14.0. The number of hydrogen-bond donors (Lipinski definition) is 1. The van der Waals surface area contributed by atoms with Crippen LogP contribution in [0.4, 0.5) is 4.79 Å². The van der Waals surface area contributed by atoms with Gasteiger partial charge in [0, 0.05) is 40.3 Å². The maximum Gasteiger partial charge on any atom is 0.410 e. The number of carbonyl (C=O) groups is 1. The summed E-state index contributed by atoms with van der Waals surface area (Å²) < 4.78 is 5.40. The minimum absolute atomic E-state index is 0.281. The van der Waals surface area contributed by atoms with Crippen molar-refractivity contribution >= 4 is 12.1 Å². The molecule has 134 valence electrons. The van der Waals surface area contributed by atoms with E-state index in [1.54, 1.807) is 11.9 Å². The van der Waals surface area contributed by atoms with Crippen molar-refractivity contribution in [3.63, 3.8) is 0 Å². The van der Waals surface area contributed by atoms with Gasteiger partial charge < -0.3 is 19.9 Å². The number of allylic oxidation sites excluding steroid dienone is 1. The third-order valence-electron chi connectivity index (χ3n) is 3.17. The Morgan fingerprint density at radius 1 is 1.35 bits per heavy atom. The number of carbonyl (C=O) groups excluding carboxylic acids is 1. The molecule has 0 aliphatic carbocycles. The molecule has 0 heterocycles. The first-order chi connectivity index (χ1) is 10.7. The zero-order chi connectivity index (χ0) is 17.9. The Hall–Kier alpha value is -1.72. The van der Waals surface area contributed by atoms with Gasteiger partial charge in [0.15, 0.2) is 5.96 Å². The highest BCUT2D eigenvalue weighted by Gasteiger charge is 2.20. The van der Waals surface area contributed by atoms with Crippen LogP contribution in [0.1, 0.15) is 40.5 Å². The zero-order valence-corrected chi connectivity index (χ0v) is 15.7. The second-order valence-corrected chi connectivity index (χ2v) is 6.39. The van der Waals surface area contributed by atoms with E-state index in [-0.39, 0.29) is 6.09 Å². The topological polar surface area (TPSA) is 57.2 Å². The van der Waals surface area contributed by atoms with Crippen LogP contribution in [0.5, 0.6) is 0 Å². The molecule has 0 aromatic rings. The van der Waals surface area contributed by atoms with Crippen LogP contribution >= 0.6 is 0 Å². The first-order valence-corrected chi connectivity index (χ1v) is 8.25. The van der Waals surface area contributed by atoms with Crippen LogP contribution in [0, 0.1) is 0 Å². The maximum absolute atomic E-state index is 12.1. The van der Waals surface area contributed by atoms with Gasteiger partial charge in [0.1, 0.15) is 5.60 Å². The van der Waals surface area contributed by atoms with E-state index in [4.69, 9.17) is 4.74 Å². The van der Waals surface area contributed by atoms with Crippen molar-refractivity contribution in [3.8, 4) is 0 Å². The van der Waals surface area contributed by atoms with Crippen molar-refractivity contribution in [2.24, 2.45) is 4.99 Å². The van der Waals surface area contributed by atoms with E-state index >= 15 is 0 Å². The number of nitrogens with zero attached hydrogens (tertiary/aromatic N) is 3. The summed E-state index contributed by atoms with van der Waals surface area (Å²) in [5, 5.41) is 3.28. The summed E-state index contributed by atoms with van der Waals surface area (Å²) in [6, 6.07) is 0. The van der Waals surface area contributed by atoms with Gasteiger partial charge in [-0.1, -0.05) is 6.08 Å². The van der Waals surface area contributed by atoms with E-state index < -0.39 is 5.60 Å². The fourth-order valence-corrected chi connectivity index (χ4v) is 1.97. The molecule has 0 saturated carbocycles. The summed E-state index contributed by atoms with van der Waals surface area (Å²) in [5.41, 5.74) is -0.473. The van der Waals surface area contributed by atoms with Crippen LogP contribution in [0.2, 0.25) is 0 Å². The molecule has 0 aromatic heterocycles. The number of unbranched alkanes of at least 4 members (excludes halogenated alkanes) is 1. The third-order valence-corrected chi connectivity index (χ3v) is 3.17. The maximum atomic E-state index is 12.1. The molecule has 0 unspecified atom stereocenters. The number of nitrogens with one attached hydrogen (secondary N) is 1. The van der Waals surface area contributed by atoms with Crippen molar-refractivity contribution in [2.45, 2.75) is 46.1 Å². The Bertz CT molecular complexity index is 389. The molecule has 0 fully saturated rings. The molecule has 0 saturated heterocycles. The molecule has 23 heavy (non-hydrogen) atoms. The molecule has 0 rings (SSSR count). The van der Waals surface area contributed by atoms with E-state index in [9.17, 15) is 4.79 Å². The number of amides is 1. The SMILES string of the molecule is C=CCCCN(C)C(=NC)NCCN(CC)C(=O)OC(C)(C)C. The largest absolute Gasteiger partial charge is 0.444 e. The fraction of sp³-hybridized carbons (Fsp3) is 0.765. The Morgan fingerprint density at radius 2 is 2.00 bits per heavy atom. The molecule has 0 spiro atoms. The molecule has 0 radical (unpaired) electrons. The standard InChI is InChI=1S/C17H34N4O2/c1-8-10-11-13-20(7)15(18-6)19-12-14-21(9-2)16(22)23-17(3,4)5/h8H,1,9-14H2,2-7H3,(H,18,19). The molecule has 0 aliphatic heterocycles. The van der Waals surface area contributed by atoms with Crippen LogP contribution in [-0.2, 0) is 4.74 Å². The van der Waals surface area contributed by atoms with Gasteiger partial charge in [0.2, 0.25) is 0 Å². The van der Waals surface area contributed by atoms with Gasteiger partial charge in [-0.15, -0.1) is 6.58 Å². The Kier molecular flexibility index (Phi) is 10.1. The number of ether oxygens (including phenoxy) is 1. The molecular weight excluding hydrogens is 292 g/mol. The van der Waals surface area contributed by atoms with Gasteiger partial charge in [-0.25, -0.2) is 4.79 Å². The van der Waals surface area contributed by atoms with Gasteiger partial charge in [0.25, 0.3) is 0 Å². The van der Waals surface area contributed by atoms with E-state index in [1.807, 2.05) is 40.8 Å². The lowest BCUT2D eigenvalue weighted by Gasteiger charge is -2.27. The van der Waals surface area contributed by atoms with Gasteiger partial charge in [-0.05, 0) is 40.5 Å². The van der Waals surface area contributed by atoms with E-state index in [1.165, 1.54) is 0 Å². The molecule has 1 amide bonds.